The smallest absolute Gasteiger partial charge is 0.438 e. The molecule has 0 bridgehead atoms. The van der Waals surface area contributed by atoms with Crippen LogP contribution >= 0.6 is 0 Å². The normalized spacial score (nSPS) is 24.4. The van der Waals surface area contributed by atoms with Crippen LogP contribution < -0.4 is 5.46 Å². The first-order chi connectivity index (χ1) is 16.5. The van der Waals surface area contributed by atoms with Crippen molar-refractivity contribution in [1.29, 1.82) is 0 Å². The lowest BCUT2D eigenvalue weighted by atomic mass is 9.78. The summed E-state index contributed by atoms with van der Waals surface area (Å²) in [6.07, 6.45) is 1.11. The highest BCUT2D eigenvalue weighted by Crippen LogP contribution is 2.40. The van der Waals surface area contributed by atoms with Gasteiger partial charge in [-0.1, -0.05) is 36.4 Å². The van der Waals surface area contributed by atoms with E-state index in [1.165, 1.54) is 12.1 Å². The molecule has 2 aromatic rings. The number of aliphatic hydroxyl groups is 1. The molecule has 2 heterocycles. The molecule has 188 valence electrons. The molecule has 1 unspecified atom stereocenters. The molecule has 8 heteroatoms. The third-order valence-corrected chi connectivity index (χ3v) is 7.79. The Bertz CT molecular complexity index is 1030. The summed E-state index contributed by atoms with van der Waals surface area (Å²) in [6, 6.07) is 13.8. The molecule has 2 fully saturated rings. The molecule has 0 saturated carbocycles. The van der Waals surface area contributed by atoms with Crippen molar-refractivity contribution in [3.63, 3.8) is 0 Å². The first-order valence-electron chi connectivity index (χ1n) is 12.3. The molecule has 0 aromatic heterocycles. The maximum Gasteiger partial charge on any atom is 0.494 e. The van der Waals surface area contributed by atoms with E-state index in [0.29, 0.717) is 25.8 Å². The average Bonchev–Trinajstić information content (AvgIpc) is 3.04. The highest BCUT2D eigenvalue weighted by atomic mass is 19.1. The number of rotatable bonds is 7. The van der Waals surface area contributed by atoms with Gasteiger partial charge in [0.15, 0.2) is 0 Å². The Balaban J connectivity index is 1.48. The number of aliphatic hydroxyl groups excluding tert-OH is 1. The van der Waals surface area contributed by atoms with Crippen LogP contribution in [0.3, 0.4) is 0 Å². The van der Waals surface area contributed by atoms with Gasteiger partial charge in [-0.25, -0.2) is 9.18 Å². The third-order valence-electron chi connectivity index (χ3n) is 7.79. The number of nitrogens with zero attached hydrogens (tertiary/aromatic N) is 1. The standard InChI is InChI=1S/C27H35BFNO5/c1-19(20-7-11-22(12-8-20)28-34-25(2,3)26(4,5)35-28)30-17-16-27(15-6-18-31,33-24(30)32)21-9-13-23(29)14-10-21/h7-14,19,31H,6,15-18H2,1-5H3/t19-,27?/m0/s1. The summed E-state index contributed by atoms with van der Waals surface area (Å²) in [6.45, 7) is 10.6. The first kappa shape index (κ1) is 25.7. The second kappa shape index (κ2) is 9.56. The van der Waals surface area contributed by atoms with E-state index in [9.17, 15) is 14.3 Å². The van der Waals surface area contributed by atoms with Crippen molar-refractivity contribution in [3.05, 3.63) is 65.5 Å². The van der Waals surface area contributed by atoms with Gasteiger partial charge in [-0.05, 0) is 76.2 Å². The van der Waals surface area contributed by atoms with Crippen LogP contribution in [0.5, 0.6) is 0 Å². The van der Waals surface area contributed by atoms with Crippen molar-refractivity contribution in [1.82, 2.24) is 4.90 Å². The van der Waals surface area contributed by atoms with Gasteiger partial charge in [-0.15, -0.1) is 0 Å². The topological polar surface area (TPSA) is 68.2 Å². The molecular weight excluding hydrogens is 448 g/mol. The number of ether oxygens (including phenoxy) is 1. The zero-order valence-corrected chi connectivity index (χ0v) is 21.2. The predicted molar refractivity (Wildman–Crippen MR) is 133 cm³/mol. The van der Waals surface area contributed by atoms with Gasteiger partial charge < -0.3 is 24.1 Å². The molecule has 1 N–H and O–H groups in total. The molecule has 6 nitrogen and oxygen atoms in total. The van der Waals surface area contributed by atoms with Crippen molar-refractivity contribution in [2.45, 2.75) is 76.7 Å². The highest BCUT2D eigenvalue weighted by Gasteiger charge is 2.51. The van der Waals surface area contributed by atoms with Crippen LogP contribution in [0.2, 0.25) is 0 Å². The van der Waals surface area contributed by atoms with E-state index >= 15 is 0 Å². The molecule has 0 spiro atoms. The van der Waals surface area contributed by atoms with E-state index in [1.54, 1.807) is 17.0 Å². The highest BCUT2D eigenvalue weighted by molar-refractivity contribution is 6.62. The molecule has 2 aliphatic heterocycles. The fourth-order valence-electron chi connectivity index (χ4n) is 4.75. The van der Waals surface area contributed by atoms with Gasteiger partial charge in [0, 0.05) is 19.6 Å². The number of cyclic esters (lactones) is 1. The van der Waals surface area contributed by atoms with Crippen LogP contribution in [0, 0.1) is 5.82 Å². The van der Waals surface area contributed by atoms with Crippen LogP contribution in [-0.4, -0.2) is 47.6 Å². The van der Waals surface area contributed by atoms with Crippen LogP contribution in [-0.2, 0) is 19.6 Å². The number of carbonyl (C=O) groups is 1. The molecule has 1 amide bonds. The van der Waals surface area contributed by atoms with Gasteiger partial charge in [0.2, 0.25) is 0 Å². The Morgan fingerprint density at radius 2 is 1.63 bits per heavy atom. The zero-order chi connectivity index (χ0) is 25.4. The van der Waals surface area contributed by atoms with E-state index in [0.717, 1.165) is 16.6 Å². The van der Waals surface area contributed by atoms with E-state index < -0.39 is 30.0 Å². The van der Waals surface area contributed by atoms with Crippen molar-refractivity contribution >= 4 is 18.7 Å². The van der Waals surface area contributed by atoms with Gasteiger partial charge in [-0.3, -0.25) is 0 Å². The monoisotopic (exact) mass is 483 g/mol. The van der Waals surface area contributed by atoms with Gasteiger partial charge >= 0.3 is 13.2 Å². The van der Waals surface area contributed by atoms with E-state index in [2.05, 4.69) is 0 Å². The van der Waals surface area contributed by atoms with Gasteiger partial charge in [0.1, 0.15) is 11.4 Å². The van der Waals surface area contributed by atoms with Gasteiger partial charge in [0.25, 0.3) is 0 Å². The maximum absolute atomic E-state index is 13.5. The van der Waals surface area contributed by atoms with E-state index in [1.807, 2.05) is 58.9 Å². The SMILES string of the molecule is C[C@@H](c1ccc(B2OC(C)(C)C(C)(C)O2)cc1)N1CCC(CCCO)(c2ccc(F)cc2)OC1=O. The Morgan fingerprint density at radius 1 is 1.03 bits per heavy atom. The van der Waals surface area contributed by atoms with Gasteiger partial charge in [0.05, 0.1) is 17.2 Å². The van der Waals surface area contributed by atoms with Crippen molar-refractivity contribution in [3.8, 4) is 0 Å². The zero-order valence-electron chi connectivity index (χ0n) is 21.2. The van der Waals surface area contributed by atoms with Crippen molar-refractivity contribution in [2.24, 2.45) is 0 Å². The Morgan fingerprint density at radius 3 is 2.17 bits per heavy atom. The quantitative estimate of drug-likeness (QED) is 0.579. The van der Waals surface area contributed by atoms with Crippen LogP contribution in [0.25, 0.3) is 0 Å². The first-order valence-corrected chi connectivity index (χ1v) is 12.3. The third kappa shape index (κ3) is 4.97. The summed E-state index contributed by atoms with van der Waals surface area (Å²) in [5.74, 6) is -0.340. The Labute approximate surface area is 207 Å². The number of amides is 1. The van der Waals surface area contributed by atoms with E-state index in [4.69, 9.17) is 14.0 Å². The van der Waals surface area contributed by atoms with Crippen molar-refractivity contribution in [2.75, 3.05) is 13.2 Å². The molecule has 2 aliphatic rings. The Hall–Kier alpha value is -2.42. The van der Waals surface area contributed by atoms with Crippen LogP contribution in [0.4, 0.5) is 9.18 Å². The largest absolute Gasteiger partial charge is 0.494 e. The van der Waals surface area contributed by atoms with Crippen molar-refractivity contribution < 1.29 is 28.3 Å². The average molecular weight is 483 g/mol. The second-order valence-corrected chi connectivity index (χ2v) is 10.6. The minimum atomic E-state index is -0.871. The summed E-state index contributed by atoms with van der Waals surface area (Å²) in [5, 5.41) is 9.39. The number of hydrogen-bond acceptors (Lipinski definition) is 5. The minimum absolute atomic E-state index is 0.00422. The fraction of sp³-hybridized carbons (Fsp3) is 0.519. The lowest BCUT2D eigenvalue weighted by Crippen LogP contribution is -2.48. The Kier molecular flexibility index (Phi) is 7.01. The molecule has 0 aliphatic carbocycles. The predicted octanol–water partition coefficient (Wildman–Crippen LogP) is 4.70. The number of carbonyl (C=O) groups excluding carboxylic acids is 1. The summed E-state index contributed by atoms with van der Waals surface area (Å²) in [4.78, 5) is 14.9. The second-order valence-electron chi connectivity index (χ2n) is 10.6. The molecule has 2 atom stereocenters. The molecular formula is C27H35BFNO5. The number of halogens is 1. The summed E-state index contributed by atoms with van der Waals surface area (Å²) >= 11 is 0. The summed E-state index contributed by atoms with van der Waals surface area (Å²) in [5.41, 5.74) is 0.971. The van der Waals surface area contributed by atoms with Crippen LogP contribution in [0.1, 0.15) is 71.0 Å². The summed E-state index contributed by atoms with van der Waals surface area (Å²) < 4.78 is 31.8. The molecule has 2 aromatic carbocycles. The lowest BCUT2D eigenvalue weighted by molar-refractivity contribution is -0.0680. The molecule has 35 heavy (non-hydrogen) atoms. The van der Waals surface area contributed by atoms with Gasteiger partial charge in [-0.2, -0.15) is 0 Å². The number of hydrogen-bond donors (Lipinski definition) is 1. The maximum atomic E-state index is 13.5. The van der Waals surface area contributed by atoms with E-state index in [-0.39, 0.29) is 18.5 Å². The minimum Gasteiger partial charge on any atom is -0.438 e. The number of benzene rings is 2. The van der Waals surface area contributed by atoms with Crippen LogP contribution in [0.15, 0.2) is 48.5 Å². The molecule has 0 radical (unpaired) electrons. The molecule has 4 rings (SSSR count). The molecule has 2 saturated heterocycles. The lowest BCUT2D eigenvalue weighted by Gasteiger charge is -2.43. The summed E-state index contributed by atoms with van der Waals surface area (Å²) in [7, 11) is -0.438. The fourth-order valence-corrected chi connectivity index (χ4v) is 4.75.